The number of hydrogen-bond donors (Lipinski definition) is 1. The fourth-order valence-electron chi connectivity index (χ4n) is 3.80. The minimum absolute atomic E-state index is 0.202. The Morgan fingerprint density at radius 2 is 1.83 bits per heavy atom. The molecule has 2 bridgehead atoms. The van der Waals surface area contributed by atoms with E-state index < -0.39 is 44.1 Å². The molecule has 3 rings (SSSR count). The van der Waals surface area contributed by atoms with Crippen molar-refractivity contribution < 1.29 is 31.4 Å². The van der Waals surface area contributed by atoms with Crippen molar-refractivity contribution in [3.63, 3.8) is 0 Å². The van der Waals surface area contributed by atoms with Gasteiger partial charge in [0.15, 0.2) is 9.84 Å². The fraction of sp³-hybridized carbons (Fsp3) is 0.600. The molecule has 0 aliphatic carbocycles. The number of hydrogen-bond acceptors (Lipinski definition) is 4. The standard InChI is InChI=1S/C15H17F3O4S/c16-11-5-2-6-12(22-14(17)18)13(11)15(19)7-9-3-1-4-10(8-15)23(9,20)21/h2,5-6,9-10,14,19H,1,3-4,7-8H2. The van der Waals surface area contributed by atoms with Crippen LogP contribution in [0.5, 0.6) is 5.75 Å². The number of fused-ring (bicyclic) bond motifs is 2. The molecular formula is C15H17F3O4S. The van der Waals surface area contributed by atoms with Crippen molar-refractivity contribution in [3.05, 3.63) is 29.6 Å². The van der Waals surface area contributed by atoms with Gasteiger partial charge < -0.3 is 9.84 Å². The number of rotatable bonds is 3. The quantitative estimate of drug-likeness (QED) is 0.910. The van der Waals surface area contributed by atoms with Crippen LogP contribution in [0.15, 0.2) is 18.2 Å². The summed E-state index contributed by atoms with van der Waals surface area (Å²) in [4.78, 5) is 0. The Morgan fingerprint density at radius 3 is 2.39 bits per heavy atom. The summed E-state index contributed by atoms with van der Waals surface area (Å²) >= 11 is 0. The first kappa shape index (κ1) is 16.6. The molecule has 0 radical (unpaired) electrons. The van der Waals surface area contributed by atoms with E-state index in [4.69, 9.17) is 0 Å². The van der Waals surface area contributed by atoms with Crippen LogP contribution in [-0.2, 0) is 15.4 Å². The van der Waals surface area contributed by atoms with Gasteiger partial charge in [0.05, 0.1) is 21.7 Å². The summed E-state index contributed by atoms with van der Waals surface area (Å²) in [5.74, 6) is -1.32. The van der Waals surface area contributed by atoms with Gasteiger partial charge in [-0.15, -0.1) is 0 Å². The summed E-state index contributed by atoms with van der Waals surface area (Å²) in [6.45, 7) is -3.16. The predicted octanol–water partition coefficient (Wildman–Crippen LogP) is 2.74. The van der Waals surface area contributed by atoms with Crippen LogP contribution in [0.2, 0.25) is 0 Å². The Bertz CT molecular complexity index is 685. The molecule has 1 aromatic carbocycles. The van der Waals surface area contributed by atoms with Crippen LogP contribution in [0.3, 0.4) is 0 Å². The number of benzene rings is 1. The first-order valence-corrected chi connectivity index (χ1v) is 9.04. The second kappa shape index (κ2) is 5.66. The minimum atomic E-state index is -3.36. The van der Waals surface area contributed by atoms with E-state index in [2.05, 4.69) is 4.74 Å². The molecule has 2 heterocycles. The van der Waals surface area contributed by atoms with Crippen molar-refractivity contribution in [1.82, 2.24) is 0 Å². The Hall–Kier alpha value is -1.28. The molecule has 4 nitrogen and oxygen atoms in total. The van der Waals surface area contributed by atoms with Gasteiger partial charge in [-0.2, -0.15) is 8.78 Å². The molecule has 2 unspecified atom stereocenters. The highest BCUT2D eigenvalue weighted by molar-refractivity contribution is 7.92. The van der Waals surface area contributed by atoms with Gasteiger partial charge in [0, 0.05) is 0 Å². The Labute approximate surface area is 132 Å². The molecule has 1 N–H and O–H groups in total. The zero-order chi connectivity index (χ0) is 16.8. The van der Waals surface area contributed by atoms with Crippen molar-refractivity contribution in [2.45, 2.75) is 54.8 Å². The van der Waals surface area contributed by atoms with Crippen molar-refractivity contribution in [3.8, 4) is 5.75 Å². The summed E-state index contributed by atoms with van der Waals surface area (Å²) in [6.07, 6.45) is 1.10. The minimum Gasteiger partial charge on any atom is -0.434 e. The Kier molecular flexibility index (Phi) is 4.08. The number of halogens is 3. The Morgan fingerprint density at radius 1 is 1.22 bits per heavy atom. The van der Waals surface area contributed by atoms with Gasteiger partial charge in [-0.3, -0.25) is 0 Å². The molecule has 0 amide bonds. The summed E-state index contributed by atoms with van der Waals surface area (Å²) in [7, 11) is -3.36. The van der Waals surface area contributed by atoms with E-state index in [-0.39, 0.29) is 18.4 Å². The molecule has 2 aliphatic heterocycles. The molecule has 2 aliphatic rings. The average molecular weight is 350 g/mol. The van der Waals surface area contributed by atoms with E-state index in [0.29, 0.717) is 12.8 Å². The van der Waals surface area contributed by atoms with E-state index in [1.54, 1.807) is 0 Å². The van der Waals surface area contributed by atoms with Crippen LogP contribution < -0.4 is 4.74 Å². The van der Waals surface area contributed by atoms with Crippen molar-refractivity contribution in [2.75, 3.05) is 0 Å². The molecule has 128 valence electrons. The molecular weight excluding hydrogens is 333 g/mol. The smallest absolute Gasteiger partial charge is 0.387 e. The third kappa shape index (κ3) is 2.82. The highest BCUT2D eigenvalue weighted by atomic mass is 32.2. The number of ether oxygens (including phenoxy) is 1. The molecule has 0 saturated carbocycles. The van der Waals surface area contributed by atoms with E-state index >= 15 is 0 Å². The van der Waals surface area contributed by atoms with Crippen LogP contribution in [0.1, 0.15) is 37.7 Å². The third-order valence-corrected chi connectivity index (χ3v) is 7.43. The highest BCUT2D eigenvalue weighted by Crippen LogP contribution is 2.49. The van der Waals surface area contributed by atoms with Crippen molar-refractivity contribution in [1.29, 1.82) is 0 Å². The maximum atomic E-state index is 14.3. The highest BCUT2D eigenvalue weighted by Gasteiger charge is 2.52. The number of aliphatic hydroxyl groups is 1. The summed E-state index contributed by atoms with van der Waals surface area (Å²) in [5, 5.41) is 9.37. The fourth-order valence-corrected chi connectivity index (χ4v) is 6.35. The van der Waals surface area contributed by atoms with Gasteiger partial charge in [0.25, 0.3) is 0 Å². The second-order valence-electron chi connectivity index (χ2n) is 6.20. The number of sulfone groups is 1. The zero-order valence-electron chi connectivity index (χ0n) is 12.2. The zero-order valence-corrected chi connectivity index (χ0v) is 13.0. The van der Waals surface area contributed by atoms with Gasteiger partial charge in [-0.25, -0.2) is 12.8 Å². The topological polar surface area (TPSA) is 63.6 Å². The van der Waals surface area contributed by atoms with Gasteiger partial charge >= 0.3 is 6.61 Å². The summed E-state index contributed by atoms with van der Waals surface area (Å²) < 4.78 is 68.3. The molecule has 2 saturated heterocycles. The molecule has 8 heteroatoms. The lowest BCUT2D eigenvalue weighted by molar-refractivity contribution is -0.0574. The van der Waals surface area contributed by atoms with Gasteiger partial charge in [-0.05, 0) is 37.8 Å². The average Bonchev–Trinajstić information content (AvgIpc) is 2.40. The Balaban J connectivity index is 2.05. The van der Waals surface area contributed by atoms with Gasteiger partial charge in [-0.1, -0.05) is 12.5 Å². The second-order valence-corrected chi connectivity index (χ2v) is 8.71. The van der Waals surface area contributed by atoms with Crippen LogP contribution in [0.4, 0.5) is 13.2 Å². The summed E-state index contributed by atoms with van der Waals surface area (Å²) in [5.41, 5.74) is -2.19. The van der Waals surface area contributed by atoms with Crippen molar-refractivity contribution >= 4 is 9.84 Å². The van der Waals surface area contributed by atoms with Crippen LogP contribution in [0, 0.1) is 5.82 Å². The van der Waals surface area contributed by atoms with E-state index in [9.17, 15) is 26.7 Å². The van der Waals surface area contributed by atoms with Gasteiger partial charge in [0.2, 0.25) is 0 Å². The van der Waals surface area contributed by atoms with E-state index in [0.717, 1.165) is 18.6 Å². The summed E-state index contributed by atoms with van der Waals surface area (Å²) in [6, 6.07) is 3.41. The molecule has 2 fully saturated rings. The first-order chi connectivity index (χ1) is 10.7. The van der Waals surface area contributed by atoms with Crippen LogP contribution >= 0.6 is 0 Å². The molecule has 0 spiro atoms. The molecule has 0 aromatic heterocycles. The number of alkyl halides is 2. The lowest BCUT2D eigenvalue weighted by atomic mass is 9.80. The van der Waals surface area contributed by atoms with E-state index in [1.165, 1.54) is 6.07 Å². The monoisotopic (exact) mass is 350 g/mol. The van der Waals surface area contributed by atoms with E-state index in [1.807, 2.05) is 0 Å². The molecule has 2 atom stereocenters. The maximum absolute atomic E-state index is 14.3. The lowest BCUT2D eigenvalue weighted by Crippen LogP contribution is -2.50. The SMILES string of the molecule is O=S1(=O)C2CCCC1CC(O)(c1c(F)cccc1OC(F)F)C2. The van der Waals surface area contributed by atoms with Crippen molar-refractivity contribution in [2.24, 2.45) is 0 Å². The maximum Gasteiger partial charge on any atom is 0.387 e. The van der Waals surface area contributed by atoms with Gasteiger partial charge in [0.1, 0.15) is 11.6 Å². The lowest BCUT2D eigenvalue weighted by Gasteiger charge is -2.44. The van der Waals surface area contributed by atoms with Crippen LogP contribution in [0.25, 0.3) is 0 Å². The third-order valence-electron chi connectivity index (χ3n) is 4.77. The molecule has 23 heavy (non-hydrogen) atoms. The predicted molar refractivity (Wildman–Crippen MR) is 76.5 cm³/mol. The first-order valence-electron chi connectivity index (χ1n) is 7.43. The normalized spacial score (nSPS) is 32.7. The molecule has 1 aromatic rings. The largest absolute Gasteiger partial charge is 0.434 e. The van der Waals surface area contributed by atoms with Crippen LogP contribution in [-0.4, -0.2) is 30.6 Å².